The van der Waals surface area contributed by atoms with Crippen molar-refractivity contribution in [2.45, 2.75) is 6.92 Å². The minimum absolute atomic E-state index is 0.0901. The number of nitrogens with one attached hydrogen (secondary N) is 1. The zero-order chi connectivity index (χ0) is 11.1. The summed E-state index contributed by atoms with van der Waals surface area (Å²) in [7, 11) is 0. The van der Waals surface area contributed by atoms with E-state index in [1.165, 1.54) is 0 Å². The molecule has 3 aromatic rings. The van der Waals surface area contributed by atoms with E-state index in [9.17, 15) is 4.79 Å². The third-order valence-corrected chi connectivity index (χ3v) is 2.65. The predicted molar refractivity (Wildman–Crippen MR) is 63.4 cm³/mol. The molecule has 0 aliphatic heterocycles. The van der Waals surface area contributed by atoms with E-state index in [0.717, 1.165) is 16.3 Å². The second-order valence-electron chi connectivity index (χ2n) is 3.76. The highest BCUT2D eigenvalue weighted by atomic mass is 16.1. The Morgan fingerprint density at radius 1 is 1.31 bits per heavy atom. The minimum atomic E-state index is -0.0901. The third-order valence-electron chi connectivity index (χ3n) is 2.65. The normalized spacial score (nSPS) is 11.1. The van der Waals surface area contributed by atoms with Gasteiger partial charge in [0.25, 0.3) is 5.56 Å². The molecule has 0 amide bonds. The Hall–Kier alpha value is -2.16. The Kier molecular flexibility index (Phi) is 1.80. The van der Waals surface area contributed by atoms with E-state index in [-0.39, 0.29) is 5.56 Å². The van der Waals surface area contributed by atoms with Gasteiger partial charge in [-0.15, -0.1) is 0 Å². The molecule has 3 nitrogen and oxygen atoms in total. The first-order valence-corrected chi connectivity index (χ1v) is 5.05. The maximum Gasteiger partial charge on any atom is 0.259 e. The van der Waals surface area contributed by atoms with E-state index in [1.54, 1.807) is 6.92 Å². The number of benzene rings is 2. The second-order valence-corrected chi connectivity index (χ2v) is 3.76. The number of H-pyrrole nitrogens is 1. The van der Waals surface area contributed by atoms with Crippen LogP contribution in [0.1, 0.15) is 5.82 Å². The molecule has 0 spiro atoms. The van der Waals surface area contributed by atoms with Gasteiger partial charge in [0.1, 0.15) is 5.82 Å². The molecule has 1 radical (unpaired) electrons. The summed E-state index contributed by atoms with van der Waals surface area (Å²) in [6, 6.07) is 12.4. The SMILES string of the molecule is Cc1nc2ccc3cc[c]cc3c2c(=O)[nH]1. The number of aromatic amines is 1. The van der Waals surface area contributed by atoms with Gasteiger partial charge in [-0.3, -0.25) is 4.79 Å². The van der Waals surface area contributed by atoms with Gasteiger partial charge in [0, 0.05) is 0 Å². The van der Waals surface area contributed by atoms with Crippen molar-refractivity contribution in [3.8, 4) is 0 Å². The molecule has 0 bridgehead atoms. The predicted octanol–water partition coefficient (Wildman–Crippen LogP) is 2.18. The molecular formula is C13H9N2O. The van der Waals surface area contributed by atoms with Gasteiger partial charge < -0.3 is 4.98 Å². The first kappa shape index (κ1) is 9.09. The van der Waals surface area contributed by atoms with Gasteiger partial charge >= 0.3 is 0 Å². The van der Waals surface area contributed by atoms with Crippen LogP contribution < -0.4 is 5.56 Å². The number of nitrogens with zero attached hydrogens (tertiary/aromatic N) is 1. The topological polar surface area (TPSA) is 45.8 Å². The highest BCUT2D eigenvalue weighted by molar-refractivity contribution is 6.05. The number of aromatic nitrogens is 2. The Labute approximate surface area is 91.8 Å². The largest absolute Gasteiger partial charge is 0.310 e. The number of hydrogen-bond acceptors (Lipinski definition) is 2. The van der Waals surface area contributed by atoms with Crippen molar-refractivity contribution < 1.29 is 0 Å². The Bertz CT molecular complexity index is 744. The molecule has 0 fully saturated rings. The molecule has 1 heterocycles. The monoisotopic (exact) mass is 209 g/mol. The van der Waals surface area contributed by atoms with Crippen LogP contribution in [0.25, 0.3) is 21.7 Å². The lowest BCUT2D eigenvalue weighted by Crippen LogP contribution is -2.09. The third kappa shape index (κ3) is 1.21. The summed E-state index contributed by atoms with van der Waals surface area (Å²) in [5.41, 5.74) is 0.640. The van der Waals surface area contributed by atoms with Crippen LogP contribution in [-0.4, -0.2) is 9.97 Å². The Morgan fingerprint density at radius 3 is 3.06 bits per heavy atom. The number of rotatable bonds is 0. The van der Waals surface area contributed by atoms with Gasteiger partial charge in [0.05, 0.1) is 10.9 Å². The molecule has 0 saturated heterocycles. The molecule has 1 N–H and O–H groups in total. The molecule has 2 aromatic carbocycles. The van der Waals surface area contributed by atoms with Gasteiger partial charge in [-0.05, 0) is 35.9 Å². The van der Waals surface area contributed by atoms with E-state index in [0.29, 0.717) is 11.2 Å². The Morgan fingerprint density at radius 2 is 2.19 bits per heavy atom. The van der Waals surface area contributed by atoms with E-state index in [2.05, 4.69) is 16.0 Å². The first-order chi connectivity index (χ1) is 7.75. The zero-order valence-electron chi connectivity index (χ0n) is 8.74. The fourth-order valence-electron chi connectivity index (χ4n) is 1.96. The second kappa shape index (κ2) is 3.17. The van der Waals surface area contributed by atoms with E-state index in [1.807, 2.05) is 30.3 Å². The summed E-state index contributed by atoms with van der Waals surface area (Å²) in [5, 5.41) is 2.57. The van der Waals surface area contributed by atoms with E-state index in [4.69, 9.17) is 0 Å². The lowest BCUT2D eigenvalue weighted by atomic mass is 10.1. The smallest absolute Gasteiger partial charge is 0.259 e. The Balaban J connectivity index is 2.65. The van der Waals surface area contributed by atoms with Crippen LogP contribution in [0.3, 0.4) is 0 Å². The molecule has 0 saturated carbocycles. The van der Waals surface area contributed by atoms with Crippen molar-refractivity contribution in [1.29, 1.82) is 0 Å². The van der Waals surface area contributed by atoms with Gasteiger partial charge in [-0.25, -0.2) is 4.98 Å². The van der Waals surface area contributed by atoms with Gasteiger partial charge in [-0.1, -0.05) is 18.2 Å². The lowest BCUT2D eigenvalue weighted by molar-refractivity contribution is 1.06. The minimum Gasteiger partial charge on any atom is -0.310 e. The summed E-state index contributed by atoms with van der Waals surface area (Å²) >= 11 is 0. The number of fused-ring (bicyclic) bond motifs is 3. The van der Waals surface area contributed by atoms with Crippen LogP contribution >= 0.6 is 0 Å². The van der Waals surface area contributed by atoms with Crippen LogP contribution in [0, 0.1) is 13.0 Å². The van der Waals surface area contributed by atoms with Crippen molar-refractivity contribution in [3.63, 3.8) is 0 Å². The van der Waals surface area contributed by atoms with Crippen molar-refractivity contribution >= 4 is 21.7 Å². The molecule has 77 valence electrons. The summed E-state index contributed by atoms with van der Waals surface area (Å²) in [6.45, 7) is 1.78. The van der Waals surface area contributed by atoms with Crippen LogP contribution in [-0.2, 0) is 0 Å². The highest BCUT2D eigenvalue weighted by Gasteiger charge is 2.05. The maximum absolute atomic E-state index is 11.9. The van der Waals surface area contributed by atoms with E-state index >= 15 is 0 Å². The molecule has 0 atom stereocenters. The summed E-state index contributed by atoms with van der Waals surface area (Å²) in [6.07, 6.45) is 0. The fourth-order valence-corrected chi connectivity index (χ4v) is 1.96. The molecule has 3 heteroatoms. The average molecular weight is 209 g/mol. The summed E-state index contributed by atoms with van der Waals surface area (Å²) in [5.74, 6) is 0.636. The molecule has 0 aliphatic rings. The van der Waals surface area contributed by atoms with Crippen molar-refractivity contribution in [3.05, 3.63) is 52.6 Å². The van der Waals surface area contributed by atoms with Gasteiger partial charge in [0.2, 0.25) is 0 Å². The molecule has 3 rings (SSSR count). The summed E-state index contributed by atoms with van der Waals surface area (Å²) in [4.78, 5) is 18.9. The molecule has 0 unspecified atom stereocenters. The number of aryl methyl sites for hydroxylation is 1. The average Bonchev–Trinajstić information content (AvgIpc) is 2.28. The maximum atomic E-state index is 11.9. The summed E-state index contributed by atoms with van der Waals surface area (Å²) < 4.78 is 0. The van der Waals surface area contributed by atoms with Crippen LogP contribution in [0.15, 0.2) is 35.1 Å². The quantitative estimate of drug-likeness (QED) is 0.577. The standard InChI is InChI=1S/C13H9N2O/c1-8-14-11-7-6-9-4-2-3-5-10(9)12(11)13(16)15-8/h2,4-7H,1H3,(H,14,15,16). The van der Waals surface area contributed by atoms with Gasteiger partial charge in [0.15, 0.2) is 0 Å². The van der Waals surface area contributed by atoms with Crippen molar-refractivity contribution in [2.75, 3.05) is 0 Å². The van der Waals surface area contributed by atoms with Crippen LogP contribution in [0.2, 0.25) is 0 Å². The van der Waals surface area contributed by atoms with Crippen LogP contribution in [0.5, 0.6) is 0 Å². The van der Waals surface area contributed by atoms with Gasteiger partial charge in [-0.2, -0.15) is 0 Å². The highest BCUT2D eigenvalue weighted by Crippen LogP contribution is 2.20. The van der Waals surface area contributed by atoms with Crippen LogP contribution in [0.4, 0.5) is 0 Å². The van der Waals surface area contributed by atoms with Crippen molar-refractivity contribution in [2.24, 2.45) is 0 Å². The molecule has 16 heavy (non-hydrogen) atoms. The van der Waals surface area contributed by atoms with Crippen molar-refractivity contribution in [1.82, 2.24) is 9.97 Å². The van der Waals surface area contributed by atoms with E-state index < -0.39 is 0 Å². The zero-order valence-corrected chi connectivity index (χ0v) is 8.74. The molecular weight excluding hydrogens is 200 g/mol. The number of hydrogen-bond donors (Lipinski definition) is 1. The molecule has 0 aliphatic carbocycles. The fraction of sp³-hybridized carbons (Fsp3) is 0.0769. The first-order valence-electron chi connectivity index (χ1n) is 5.05. The molecule has 1 aromatic heterocycles. The lowest BCUT2D eigenvalue weighted by Gasteiger charge is -2.02.